The fraction of sp³-hybridized carbons (Fsp3) is 0.600. The van der Waals surface area contributed by atoms with Crippen molar-refractivity contribution >= 4 is 5.69 Å². The Morgan fingerprint density at radius 1 is 1.24 bits per heavy atom. The first-order valence-electron chi connectivity index (χ1n) is 7.13. The summed E-state index contributed by atoms with van der Waals surface area (Å²) >= 11 is 0. The third-order valence-electron chi connectivity index (χ3n) is 3.18. The van der Waals surface area contributed by atoms with Gasteiger partial charge in [0.05, 0.1) is 0 Å². The normalized spacial score (nSPS) is 13.3. The van der Waals surface area contributed by atoms with Crippen LogP contribution in [0.15, 0.2) is 18.2 Å². The summed E-state index contributed by atoms with van der Waals surface area (Å²) in [5.74, 6) is -0.482. The lowest BCUT2D eigenvalue weighted by Crippen LogP contribution is -2.36. The fourth-order valence-electron chi connectivity index (χ4n) is 2.41. The van der Waals surface area contributed by atoms with E-state index in [9.17, 15) is 17.6 Å². The van der Waals surface area contributed by atoms with Crippen LogP contribution in [-0.2, 0) is 0 Å². The zero-order valence-corrected chi connectivity index (χ0v) is 12.6. The molecule has 1 rings (SSSR count). The van der Waals surface area contributed by atoms with Crippen molar-refractivity contribution in [3.8, 4) is 0 Å². The van der Waals surface area contributed by atoms with Crippen LogP contribution in [0.1, 0.15) is 38.8 Å². The molecule has 21 heavy (non-hydrogen) atoms. The Bertz CT molecular complexity index is 446. The van der Waals surface area contributed by atoms with Crippen LogP contribution in [0.3, 0.4) is 0 Å². The van der Waals surface area contributed by atoms with Gasteiger partial charge in [0.15, 0.2) is 0 Å². The number of anilines is 1. The van der Waals surface area contributed by atoms with E-state index in [0.717, 1.165) is 0 Å². The minimum absolute atomic E-state index is 0.231. The zero-order valence-electron chi connectivity index (χ0n) is 12.6. The van der Waals surface area contributed by atoms with Gasteiger partial charge < -0.3 is 10.2 Å². The lowest BCUT2D eigenvalue weighted by molar-refractivity contribution is -0.119. The molecule has 1 atom stereocenters. The molecule has 0 aliphatic carbocycles. The van der Waals surface area contributed by atoms with E-state index in [1.165, 1.54) is 17.0 Å². The van der Waals surface area contributed by atoms with Gasteiger partial charge in [0, 0.05) is 23.8 Å². The van der Waals surface area contributed by atoms with Crippen LogP contribution in [0.4, 0.5) is 23.2 Å². The van der Waals surface area contributed by atoms with Gasteiger partial charge in [0.2, 0.25) is 0 Å². The van der Waals surface area contributed by atoms with Crippen molar-refractivity contribution in [3.63, 3.8) is 0 Å². The van der Waals surface area contributed by atoms with Crippen molar-refractivity contribution in [2.75, 3.05) is 24.5 Å². The number of rotatable bonds is 7. The van der Waals surface area contributed by atoms with Crippen molar-refractivity contribution in [1.82, 2.24) is 5.32 Å². The van der Waals surface area contributed by atoms with E-state index in [0.29, 0.717) is 18.7 Å². The van der Waals surface area contributed by atoms with Crippen LogP contribution in [0.25, 0.3) is 0 Å². The molecule has 1 N–H and O–H groups in total. The predicted molar refractivity (Wildman–Crippen MR) is 77.1 cm³/mol. The lowest BCUT2D eigenvalue weighted by atomic mass is 10.0. The molecule has 0 saturated carbocycles. The van der Waals surface area contributed by atoms with Gasteiger partial charge in [-0.05, 0) is 32.0 Å². The van der Waals surface area contributed by atoms with Crippen molar-refractivity contribution in [2.24, 2.45) is 0 Å². The molecule has 0 aromatic heterocycles. The van der Waals surface area contributed by atoms with Gasteiger partial charge in [-0.2, -0.15) is 13.2 Å². The molecule has 6 heteroatoms. The molecule has 120 valence electrons. The first-order valence-corrected chi connectivity index (χ1v) is 7.13. The monoisotopic (exact) mass is 306 g/mol. The molecular weight excluding hydrogens is 284 g/mol. The number of nitrogens with one attached hydrogen (secondary N) is 1. The van der Waals surface area contributed by atoms with Crippen LogP contribution in [0, 0.1) is 5.82 Å². The third-order valence-corrected chi connectivity index (χ3v) is 3.18. The number of hydrogen-bond acceptors (Lipinski definition) is 2. The second-order valence-electron chi connectivity index (χ2n) is 4.99. The van der Waals surface area contributed by atoms with Crippen LogP contribution >= 0.6 is 0 Å². The molecule has 0 radical (unpaired) electrons. The Hall–Kier alpha value is -1.30. The van der Waals surface area contributed by atoms with E-state index in [1.807, 2.05) is 6.92 Å². The summed E-state index contributed by atoms with van der Waals surface area (Å²) < 4.78 is 52.3. The maximum absolute atomic E-state index is 14.1. The molecule has 0 aliphatic heterocycles. The number of nitrogens with zero attached hydrogens (tertiary/aromatic N) is 1. The highest BCUT2D eigenvalue weighted by molar-refractivity contribution is 5.55. The SMILES string of the molecule is CCCN(CC(F)(F)F)c1cccc(F)c1C(C)NCC. The van der Waals surface area contributed by atoms with Crippen molar-refractivity contribution in [3.05, 3.63) is 29.6 Å². The Kier molecular flexibility index (Phi) is 6.45. The van der Waals surface area contributed by atoms with E-state index < -0.39 is 18.5 Å². The minimum Gasteiger partial charge on any atom is -0.362 e. The number of alkyl halides is 3. The van der Waals surface area contributed by atoms with E-state index in [4.69, 9.17) is 0 Å². The summed E-state index contributed by atoms with van der Waals surface area (Å²) in [5.41, 5.74) is 0.597. The lowest BCUT2D eigenvalue weighted by Gasteiger charge is -2.29. The minimum atomic E-state index is -4.32. The van der Waals surface area contributed by atoms with Crippen LogP contribution in [0.2, 0.25) is 0 Å². The highest BCUT2D eigenvalue weighted by Crippen LogP contribution is 2.31. The van der Waals surface area contributed by atoms with Gasteiger partial charge >= 0.3 is 6.18 Å². The van der Waals surface area contributed by atoms with Gasteiger partial charge in [-0.15, -0.1) is 0 Å². The first kappa shape index (κ1) is 17.8. The molecule has 0 amide bonds. The first-order chi connectivity index (χ1) is 9.80. The van der Waals surface area contributed by atoms with Gasteiger partial charge in [0.25, 0.3) is 0 Å². The van der Waals surface area contributed by atoms with Crippen LogP contribution in [0.5, 0.6) is 0 Å². The summed E-state index contributed by atoms with van der Waals surface area (Å²) in [7, 11) is 0. The van der Waals surface area contributed by atoms with Crippen molar-refractivity contribution < 1.29 is 17.6 Å². The van der Waals surface area contributed by atoms with Crippen molar-refractivity contribution in [2.45, 2.75) is 39.4 Å². The zero-order chi connectivity index (χ0) is 16.0. The molecule has 0 aliphatic rings. The maximum atomic E-state index is 14.1. The summed E-state index contributed by atoms with van der Waals surface area (Å²) in [6.45, 7) is 5.20. The Morgan fingerprint density at radius 3 is 2.43 bits per heavy atom. The second kappa shape index (κ2) is 7.64. The molecule has 0 fully saturated rings. The summed E-state index contributed by atoms with van der Waals surface area (Å²) in [4.78, 5) is 1.20. The van der Waals surface area contributed by atoms with Crippen LogP contribution < -0.4 is 10.2 Å². The van der Waals surface area contributed by atoms with Gasteiger partial charge in [-0.25, -0.2) is 4.39 Å². The summed E-state index contributed by atoms with van der Waals surface area (Å²) in [6.07, 6.45) is -3.76. The van der Waals surface area contributed by atoms with E-state index in [-0.39, 0.29) is 18.2 Å². The highest BCUT2D eigenvalue weighted by atomic mass is 19.4. The third kappa shape index (κ3) is 5.19. The van der Waals surface area contributed by atoms with Crippen molar-refractivity contribution in [1.29, 1.82) is 0 Å². The van der Waals surface area contributed by atoms with E-state index >= 15 is 0 Å². The summed E-state index contributed by atoms with van der Waals surface area (Å²) in [6, 6.07) is 3.93. The van der Waals surface area contributed by atoms with E-state index in [1.54, 1.807) is 19.9 Å². The Balaban J connectivity index is 3.20. The molecule has 1 aromatic carbocycles. The molecule has 0 heterocycles. The van der Waals surface area contributed by atoms with Crippen LogP contribution in [-0.4, -0.2) is 25.8 Å². The standard InChI is InChI=1S/C15H22F4N2/c1-4-9-21(10-15(17,18)19)13-8-6-7-12(16)14(13)11(3)20-5-2/h6-8,11,20H,4-5,9-10H2,1-3H3. The van der Waals surface area contributed by atoms with Gasteiger partial charge in [-0.3, -0.25) is 0 Å². The second-order valence-corrected chi connectivity index (χ2v) is 4.99. The number of benzene rings is 1. The quantitative estimate of drug-likeness (QED) is 0.757. The highest BCUT2D eigenvalue weighted by Gasteiger charge is 2.32. The molecule has 0 bridgehead atoms. The molecular formula is C15H22F4N2. The van der Waals surface area contributed by atoms with Gasteiger partial charge in [-0.1, -0.05) is 19.9 Å². The summed E-state index contributed by atoms with van der Waals surface area (Å²) in [5, 5.41) is 3.05. The average Bonchev–Trinajstić information content (AvgIpc) is 2.36. The molecule has 0 spiro atoms. The smallest absolute Gasteiger partial charge is 0.362 e. The Morgan fingerprint density at radius 2 is 1.90 bits per heavy atom. The van der Waals surface area contributed by atoms with Gasteiger partial charge in [0.1, 0.15) is 12.4 Å². The number of halogens is 4. The fourth-order valence-corrected chi connectivity index (χ4v) is 2.41. The number of hydrogen-bond donors (Lipinski definition) is 1. The average molecular weight is 306 g/mol. The van der Waals surface area contributed by atoms with E-state index in [2.05, 4.69) is 5.32 Å². The topological polar surface area (TPSA) is 15.3 Å². The Labute approximate surface area is 123 Å². The molecule has 1 unspecified atom stereocenters. The molecule has 1 aromatic rings. The largest absolute Gasteiger partial charge is 0.405 e. The molecule has 0 saturated heterocycles. The predicted octanol–water partition coefficient (Wildman–Crippen LogP) is 4.27. The molecule has 2 nitrogen and oxygen atoms in total. The maximum Gasteiger partial charge on any atom is 0.405 e.